The molecule has 2 N–H and O–H groups in total. The van der Waals surface area contributed by atoms with Gasteiger partial charge in [0, 0.05) is 5.70 Å². The molecule has 0 fully saturated rings. The number of rotatable bonds is 3. The average molecular weight is 278 g/mol. The smallest absolute Gasteiger partial charge is 0.338 e. The number of hydrogen-bond donors (Lipinski definition) is 2. The number of hydrogen-bond acceptors (Lipinski definition) is 3. The predicted molar refractivity (Wildman–Crippen MR) is 75.9 cm³/mol. The molecule has 0 saturated carbocycles. The van der Waals surface area contributed by atoms with Crippen molar-refractivity contribution in [1.29, 1.82) is 0 Å². The average Bonchev–Trinajstić information content (AvgIpc) is 2.37. The van der Waals surface area contributed by atoms with E-state index in [4.69, 9.17) is 4.74 Å². The summed E-state index contributed by atoms with van der Waals surface area (Å²) in [5.74, 6) is -0.0970. The summed E-state index contributed by atoms with van der Waals surface area (Å²) in [6.45, 7) is 5.39. The molecule has 5 nitrogen and oxygen atoms in total. The summed E-state index contributed by atoms with van der Waals surface area (Å²) in [5.41, 5.74) is 1.15. The van der Waals surface area contributed by atoms with Crippen molar-refractivity contribution in [1.82, 2.24) is 10.6 Å². The molecular weight excluding hydrogens is 256 g/mol. The number of allylic oxidation sites excluding steroid dienone is 3. The van der Waals surface area contributed by atoms with Gasteiger partial charge < -0.3 is 15.4 Å². The van der Waals surface area contributed by atoms with E-state index >= 15 is 0 Å². The van der Waals surface area contributed by atoms with Crippen molar-refractivity contribution >= 4 is 12.0 Å². The van der Waals surface area contributed by atoms with Crippen LogP contribution in [0.2, 0.25) is 0 Å². The van der Waals surface area contributed by atoms with E-state index < -0.39 is 0 Å². The molecule has 0 unspecified atom stereocenters. The van der Waals surface area contributed by atoms with Crippen molar-refractivity contribution in [2.75, 3.05) is 0 Å². The Kier molecular flexibility index (Phi) is 4.47. The fourth-order valence-electron chi connectivity index (χ4n) is 2.75. The summed E-state index contributed by atoms with van der Waals surface area (Å²) in [6.07, 6.45) is 6.90. The SMILES string of the molecule is CC1=C(C(=O)OC(C)C)[C@@H]([C@H]2CC=CCC2)NC(=O)N1. The molecule has 2 amide bonds. The third-order valence-electron chi connectivity index (χ3n) is 3.65. The van der Waals surface area contributed by atoms with Crippen molar-refractivity contribution in [3.63, 3.8) is 0 Å². The highest BCUT2D eigenvalue weighted by atomic mass is 16.5. The summed E-state index contributed by atoms with van der Waals surface area (Å²) in [4.78, 5) is 24.0. The van der Waals surface area contributed by atoms with Gasteiger partial charge in [0.1, 0.15) is 0 Å². The maximum Gasteiger partial charge on any atom is 0.338 e. The highest BCUT2D eigenvalue weighted by Gasteiger charge is 2.36. The summed E-state index contributed by atoms with van der Waals surface area (Å²) < 4.78 is 5.31. The lowest BCUT2D eigenvalue weighted by molar-refractivity contribution is -0.143. The van der Waals surface area contributed by atoms with Crippen molar-refractivity contribution in [3.05, 3.63) is 23.4 Å². The summed E-state index contributed by atoms with van der Waals surface area (Å²) in [6, 6.07) is -0.511. The lowest BCUT2D eigenvalue weighted by Crippen LogP contribution is -2.53. The molecule has 2 rings (SSSR count). The Morgan fingerprint density at radius 3 is 2.75 bits per heavy atom. The zero-order chi connectivity index (χ0) is 14.7. The van der Waals surface area contributed by atoms with E-state index in [0.717, 1.165) is 19.3 Å². The molecule has 1 aliphatic heterocycles. The summed E-state index contributed by atoms with van der Waals surface area (Å²) in [7, 11) is 0. The van der Waals surface area contributed by atoms with Crippen LogP contribution in [0.3, 0.4) is 0 Å². The lowest BCUT2D eigenvalue weighted by Gasteiger charge is -2.34. The molecule has 110 valence electrons. The fraction of sp³-hybridized carbons (Fsp3) is 0.600. The van der Waals surface area contributed by atoms with Crippen LogP contribution in [0.1, 0.15) is 40.0 Å². The van der Waals surface area contributed by atoms with E-state index in [0.29, 0.717) is 11.3 Å². The van der Waals surface area contributed by atoms with E-state index in [2.05, 4.69) is 22.8 Å². The Morgan fingerprint density at radius 2 is 2.15 bits per heavy atom. The van der Waals surface area contributed by atoms with Crippen LogP contribution in [0.15, 0.2) is 23.4 Å². The standard InChI is InChI=1S/C15H22N2O3/c1-9(2)20-14(18)12-10(3)16-15(19)17-13(12)11-7-5-4-6-8-11/h4-5,9,11,13H,6-8H2,1-3H3,(H2,16,17,19)/t11-,13+/m0/s1. The van der Waals surface area contributed by atoms with Crippen LogP contribution in [-0.4, -0.2) is 24.1 Å². The minimum atomic E-state index is -0.343. The van der Waals surface area contributed by atoms with E-state index in [1.165, 1.54) is 0 Å². The van der Waals surface area contributed by atoms with E-state index in [-0.39, 0.29) is 30.1 Å². The first-order valence-electron chi connectivity index (χ1n) is 7.13. The third kappa shape index (κ3) is 3.21. The minimum Gasteiger partial charge on any atom is -0.460 e. The molecule has 0 saturated heterocycles. The van der Waals surface area contributed by atoms with Gasteiger partial charge in [0.05, 0.1) is 17.7 Å². The van der Waals surface area contributed by atoms with E-state index in [1.807, 2.05) is 13.8 Å². The van der Waals surface area contributed by atoms with Crippen LogP contribution in [0.4, 0.5) is 4.79 Å². The number of carbonyl (C=O) groups is 2. The highest BCUT2D eigenvalue weighted by Crippen LogP contribution is 2.29. The summed E-state index contributed by atoms with van der Waals surface area (Å²) in [5, 5.41) is 5.54. The van der Waals surface area contributed by atoms with Crippen molar-refractivity contribution in [2.45, 2.75) is 52.2 Å². The van der Waals surface area contributed by atoms with Crippen molar-refractivity contribution < 1.29 is 14.3 Å². The second-order valence-electron chi connectivity index (χ2n) is 5.61. The zero-order valence-corrected chi connectivity index (χ0v) is 12.2. The monoisotopic (exact) mass is 278 g/mol. The molecule has 0 radical (unpaired) electrons. The molecule has 0 spiro atoms. The first-order chi connectivity index (χ1) is 9.49. The van der Waals surface area contributed by atoms with Crippen LogP contribution >= 0.6 is 0 Å². The summed E-state index contributed by atoms with van der Waals surface area (Å²) >= 11 is 0. The van der Waals surface area contributed by atoms with Crippen LogP contribution < -0.4 is 10.6 Å². The highest BCUT2D eigenvalue weighted by molar-refractivity contribution is 5.94. The topological polar surface area (TPSA) is 67.4 Å². The van der Waals surface area contributed by atoms with Gasteiger partial charge in [0.25, 0.3) is 0 Å². The van der Waals surface area contributed by atoms with Crippen molar-refractivity contribution in [2.24, 2.45) is 5.92 Å². The first-order valence-corrected chi connectivity index (χ1v) is 7.13. The number of amides is 2. The van der Waals surface area contributed by atoms with E-state index in [9.17, 15) is 9.59 Å². The molecule has 0 aromatic heterocycles. The van der Waals surface area contributed by atoms with Gasteiger partial charge in [-0.2, -0.15) is 0 Å². The van der Waals surface area contributed by atoms with Gasteiger partial charge in [0.2, 0.25) is 0 Å². The van der Waals surface area contributed by atoms with Crippen LogP contribution in [0, 0.1) is 5.92 Å². The number of esters is 1. The molecule has 1 heterocycles. The van der Waals surface area contributed by atoms with Gasteiger partial charge in [0.15, 0.2) is 0 Å². The molecule has 0 aromatic rings. The van der Waals surface area contributed by atoms with Gasteiger partial charge in [-0.15, -0.1) is 0 Å². The largest absolute Gasteiger partial charge is 0.460 e. The third-order valence-corrected chi connectivity index (χ3v) is 3.65. The molecule has 0 aromatic carbocycles. The van der Waals surface area contributed by atoms with Crippen LogP contribution in [0.25, 0.3) is 0 Å². The maximum atomic E-state index is 12.3. The Bertz CT molecular complexity index is 466. The van der Waals surface area contributed by atoms with Crippen LogP contribution in [0.5, 0.6) is 0 Å². The quantitative estimate of drug-likeness (QED) is 0.614. The minimum absolute atomic E-state index is 0.174. The Labute approximate surface area is 119 Å². The number of ether oxygens (including phenoxy) is 1. The first kappa shape index (κ1) is 14.6. The Hall–Kier alpha value is -1.78. The van der Waals surface area contributed by atoms with Gasteiger partial charge in [-0.1, -0.05) is 12.2 Å². The molecule has 5 heteroatoms. The molecular formula is C15H22N2O3. The molecule has 2 atom stereocenters. The van der Waals surface area contributed by atoms with Gasteiger partial charge in [-0.05, 0) is 46.0 Å². The molecule has 0 bridgehead atoms. The second-order valence-corrected chi connectivity index (χ2v) is 5.61. The number of carbonyl (C=O) groups excluding carboxylic acids is 2. The normalized spacial score (nSPS) is 26.3. The lowest BCUT2D eigenvalue weighted by atomic mass is 9.82. The zero-order valence-electron chi connectivity index (χ0n) is 12.2. The fourth-order valence-corrected chi connectivity index (χ4v) is 2.75. The van der Waals surface area contributed by atoms with Gasteiger partial charge in [-0.25, -0.2) is 9.59 Å². The van der Waals surface area contributed by atoms with Gasteiger partial charge in [-0.3, -0.25) is 0 Å². The molecule has 2 aliphatic rings. The number of nitrogens with one attached hydrogen (secondary N) is 2. The van der Waals surface area contributed by atoms with E-state index in [1.54, 1.807) is 6.92 Å². The number of urea groups is 1. The molecule has 1 aliphatic carbocycles. The van der Waals surface area contributed by atoms with Crippen LogP contribution in [-0.2, 0) is 9.53 Å². The Morgan fingerprint density at radius 1 is 1.40 bits per heavy atom. The predicted octanol–water partition coefficient (Wildman–Crippen LogP) is 2.25. The maximum absolute atomic E-state index is 12.3. The van der Waals surface area contributed by atoms with Gasteiger partial charge >= 0.3 is 12.0 Å². The van der Waals surface area contributed by atoms with Crippen molar-refractivity contribution in [3.8, 4) is 0 Å². The second kappa shape index (κ2) is 6.11. The Balaban J connectivity index is 2.26. The molecule has 20 heavy (non-hydrogen) atoms.